The van der Waals surface area contributed by atoms with E-state index in [1.54, 1.807) is 0 Å². The molecular weight excluding hydrogens is 440 g/mol. The molecule has 0 aliphatic rings. The minimum Gasteiger partial charge on any atom is -0.392 e. The van der Waals surface area contributed by atoms with Gasteiger partial charge in [-0.25, -0.2) is 22.4 Å². The van der Waals surface area contributed by atoms with Gasteiger partial charge in [-0.15, -0.1) is 0 Å². The van der Waals surface area contributed by atoms with Crippen molar-refractivity contribution in [2.24, 2.45) is 0 Å². The Morgan fingerprint density at radius 3 is 1.45 bits per heavy atom. The molecule has 22 heavy (non-hydrogen) atoms. The minimum absolute atomic E-state index is 0.146. The summed E-state index contributed by atoms with van der Waals surface area (Å²) in [5.41, 5.74) is 0. The van der Waals surface area contributed by atoms with Crippen LogP contribution in [0.4, 0.5) is 22.4 Å². The van der Waals surface area contributed by atoms with E-state index in [1.165, 1.54) is 0 Å². The van der Waals surface area contributed by atoms with Gasteiger partial charge in [0.05, 0.1) is 8.95 Å². The molecule has 3 nitrogen and oxygen atoms in total. The number of hydrogen-bond donors (Lipinski definition) is 0. The number of carbonyl (C=O) groups excluding carboxylic acids is 1. The molecule has 0 aliphatic carbocycles. The Balaban J connectivity index is 2.17. The Morgan fingerprint density at radius 1 is 0.727 bits per heavy atom. The van der Waals surface area contributed by atoms with Crippen molar-refractivity contribution in [1.29, 1.82) is 0 Å². The van der Waals surface area contributed by atoms with Crippen LogP contribution in [0.25, 0.3) is 0 Å². The third kappa shape index (κ3) is 3.77. The normalized spacial score (nSPS) is 10.5. The molecule has 0 bridgehead atoms. The Hall–Kier alpha value is -1.61. The molecule has 0 saturated carbocycles. The topological polar surface area (TPSA) is 35.5 Å². The summed E-state index contributed by atoms with van der Waals surface area (Å²) in [5, 5.41) is 0. The van der Waals surface area contributed by atoms with E-state index in [4.69, 9.17) is 0 Å². The molecule has 2 aromatic carbocycles. The lowest BCUT2D eigenvalue weighted by Crippen LogP contribution is -2.15. The molecule has 0 aliphatic heterocycles. The molecule has 0 aromatic heterocycles. The van der Waals surface area contributed by atoms with E-state index in [9.17, 15) is 22.4 Å². The summed E-state index contributed by atoms with van der Waals surface area (Å²) in [6.45, 7) is 0. The molecule has 0 unspecified atom stereocenters. The van der Waals surface area contributed by atoms with Gasteiger partial charge in [-0.1, -0.05) is 0 Å². The lowest BCUT2D eigenvalue weighted by molar-refractivity contribution is 0.147. The van der Waals surface area contributed by atoms with Crippen LogP contribution in [0, 0.1) is 23.3 Å². The van der Waals surface area contributed by atoms with Gasteiger partial charge in [0.15, 0.2) is 23.1 Å². The maximum atomic E-state index is 13.4. The number of benzene rings is 2. The smallest absolute Gasteiger partial charge is 0.392 e. The molecule has 0 saturated heterocycles. The molecule has 0 radical (unpaired) electrons. The molecule has 0 heterocycles. The first-order valence-corrected chi connectivity index (χ1v) is 7.05. The average molecular weight is 444 g/mol. The molecule has 9 heteroatoms. The zero-order valence-electron chi connectivity index (χ0n) is 10.3. The first-order chi connectivity index (χ1) is 10.3. The summed E-state index contributed by atoms with van der Waals surface area (Å²) in [5.74, 6) is -5.35. The highest BCUT2D eigenvalue weighted by atomic mass is 79.9. The van der Waals surface area contributed by atoms with Gasteiger partial charge in [0.2, 0.25) is 0 Å². The maximum Gasteiger partial charge on any atom is 0.519 e. The molecule has 0 atom stereocenters. The first kappa shape index (κ1) is 16.8. The fourth-order valence-electron chi connectivity index (χ4n) is 1.37. The SMILES string of the molecule is O=C(Oc1cc(Br)c(F)cc1F)Oc1cc(Br)c(F)cc1F. The summed E-state index contributed by atoms with van der Waals surface area (Å²) in [7, 11) is 0. The number of halogens is 6. The van der Waals surface area contributed by atoms with Gasteiger partial charge < -0.3 is 9.47 Å². The zero-order chi connectivity index (χ0) is 16.4. The second-order valence-electron chi connectivity index (χ2n) is 3.85. The fraction of sp³-hybridized carbons (Fsp3) is 0. The first-order valence-electron chi connectivity index (χ1n) is 5.46. The summed E-state index contributed by atoms with van der Waals surface area (Å²) in [6.07, 6.45) is -1.48. The van der Waals surface area contributed by atoms with Crippen LogP contribution in [0.1, 0.15) is 0 Å². The fourth-order valence-corrected chi connectivity index (χ4v) is 2.01. The summed E-state index contributed by atoms with van der Waals surface area (Å²) < 4.78 is 61.6. The standard InChI is InChI=1S/C13H4Br2F4O3/c14-5-1-11(9(18)3-7(5)16)21-13(20)22-12-2-6(15)8(17)4-10(12)19/h1-4H. The van der Waals surface area contributed by atoms with Crippen molar-refractivity contribution < 1.29 is 31.8 Å². The predicted molar refractivity (Wildman–Crippen MR) is 74.8 cm³/mol. The second kappa shape index (κ2) is 6.66. The molecule has 0 amide bonds. The maximum absolute atomic E-state index is 13.4. The van der Waals surface area contributed by atoms with E-state index in [0.29, 0.717) is 12.1 Å². The number of carbonyl (C=O) groups is 1. The van der Waals surface area contributed by atoms with E-state index in [-0.39, 0.29) is 8.95 Å². The highest BCUT2D eigenvalue weighted by molar-refractivity contribution is 9.10. The number of hydrogen-bond acceptors (Lipinski definition) is 3. The highest BCUT2D eigenvalue weighted by Gasteiger charge is 2.18. The van der Waals surface area contributed by atoms with Crippen LogP contribution in [0.5, 0.6) is 11.5 Å². The monoisotopic (exact) mass is 442 g/mol. The van der Waals surface area contributed by atoms with Crippen molar-refractivity contribution in [3.05, 3.63) is 56.5 Å². The van der Waals surface area contributed by atoms with E-state index in [1.807, 2.05) is 0 Å². The minimum atomic E-state index is -1.48. The van der Waals surface area contributed by atoms with Crippen LogP contribution < -0.4 is 9.47 Å². The molecule has 116 valence electrons. The summed E-state index contributed by atoms with van der Waals surface area (Å²) in [6, 6.07) is 2.70. The van der Waals surface area contributed by atoms with Gasteiger partial charge in [-0.05, 0) is 31.9 Å². The number of ether oxygens (including phenoxy) is 2. The molecule has 0 spiro atoms. The Labute approximate surface area is 138 Å². The average Bonchev–Trinajstić information content (AvgIpc) is 2.42. The third-order valence-corrected chi connectivity index (χ3v) is 3.55. The van der Waals surface area contributed by atoms with Crippen LogP contribution in [0.2, 0.25) is 0 Å². The summed E-state index contributed by atoms with van der Waals surface area (Å²) >= 11 is 5.57. The van der Waals surface area contributed by atoms with E-state index in [0.717, 1.165) is 12.1 Å². The number of rotatable bonds is 2. The van der Waals surface area contributed by atoms with Crippen molar-refractivity contribution in [3.8, 4) is 11.5 Å². The van der Waals surface area contributed by atoms with Crippen LogP contribution in [0.3, 0.4) is 0 Å². The van der Waals surface area contributed by atoms with Gasteiger partial charge in [0, 0.05) is 24.3 Å². The van der Waals surface area contributed by atoms with Crippen LogP contribution in [0.15, 0.2) is 33.2 Å². The largest absolute Gasteiger partial charge is 0.519 e. The Bertz CT molecular complexity index is 691. The second-order valence-corrected chi connectivity index (χ2v) is 5.56. The predicted octanol–water partition coefficient (Wildman–Crippen LogP) is 5.35. The zero-order valence-corrected chi connectivity index (χ0v) is 13.5. The Morgan fingerprint density at radius 2 is 1.09 bits per heavy atom. The van der Waals surface area contributed by atoms with Crippen molar-refractivity contribution in [2.75, 3.05) is 0 Å². The van der Waals surface area contributed by atoms with Gasteiger partial charge in [0.25, 0.3) is 0 Å². The lowest BCUT2D eigenvalue weighted by Gasteiger charge is -2.08. The molecule has 0 fully saturated rings. The van der Waals surface area contributed by atoms with Crippen molar-refractivity contribution >= 4 is 38.0 Å². The third-order valence-electron chi connectivity index (χ3n) is 2.34. The van der Waals surface area contributed by atoms with E-state index >= 15 is 0 Å². The lowest BCUT2D eigenvalue weighted by atomic mass is 10.3. The van der Waals surface area contributed by atoms with Crippen molar-refractivity contribution in [1.82, 2.24) is 0 Å². The van der Waals surface area contributed by atoms with Crippen molar-refractivity contribution in [3.63, 3.8) is 0 Å². The van der Waals surface area contributed by atoms with Crippen molar-refractivity contribution in [2.45, 2.75) is 0 Å². The Kier molecular flexibility index (Phi) is 5.07. The van der Waals surface area contributed by atoms with E-state index < -0.39 is 40.9 Å². The van der Waals surface area contributed by atoms with Gasteiger partial charge in [0.1, 0.15) is 11.6 Å². The molecule has 2 aromatic rings. The van der Waals surface area contributed by atoms with E-state index in [2.05, 4.69) is 41.3 Å². The summed E-state index contributed by atoms with van der Waals surface area (Å²) in [4.78, 5) is 11.5. The van der Waals surface area contributed by atoms with Crippen LogP contribution >= 0.6 is 31.9 Å². The van der Waals surface area contributed by atoms with Gasteiger partial charge in [-0.2, -0.15) is 0 Å². The van der Waals surface area contributed by atoms with Crippen LogP contribution in [-0.4, -0.2) is 6.16 Å². The van der Waals surface area contributed by atoms with Gasteiger partial charge in [-0.3, -0.25) is 0 Å². The molecule has 2 rings (SSSR count). The van der Waals surface area contributed by atoms with Crippen LogP contribution in [-0.2, 0) is 0 Å². The quantitative estimate of drug-likeness (QED) is 0.272. The molecular formula is C13H4Br2F4O3. The van der Waals surface area contributed by atoms with Gasteiger partial charge >= 0.3 is 6.16 Å². The molecule has 0 N–H and O–H groups in total. The highest BCUT2D eigenvalue weighted by Crippen LogP contribution is 2.28.